The molecule has 0 atom stereocenters. The van der Waals surface area contributed by atoms with Crippen molar-refractivity contribution in [2.75, 3.05) is 7.05 Å². The third kappa shape index (κ3) is 2.55. The van der Waals surface area contributed by atoms with E-state index >= 15 is 0 Å². The summed E-state index contributed by atoms with van der Waals surface area (Å²) in [6.45, 7) is 0.408. The first-order valence-electron chi connectivity index (χ1n) is 5.22. The van der Waals surface area contributed by atoms with Crippen molar-refractivity contribution < 1.29 is 13.7 Å². The maximum Gasteiger partial charge on any atom is 0.307 e. The van der Waals surface area contributed by atoms with Crippen LogP contribution in [0.2, 0.25) is 0 Å². The van der Waals surface area contributed by atoms with Gasteiger partial charge in [-0.1, -0.05) is 5.21 Å². The van der Waals surface area contributed by atoms with E-state index in [-0.39, 0.29) is 5.69 Å². The Morgan fingerprint density at radius 2 is 2.16 bits per heavy atom. The summed E-state index contributed by atoms with van der Waals surface area (Å²) < 4.78 is 27.8. The summed E-state index contributed by atoms with van der Waals surface area (Å²) in [5, 5.41) is 20.8. The molecular weight excluding hydrogens is 260 g/mol. The quantitative estimate of drug-likeness (QED) is 0.665. The van der Waals surface area contributed by atoms with Gasteiger partial charge in [-0.25, -0.2) is 9.07 Å². The van der Waals surface area contributed by atoms with Crippen LogP contribution in [0.15, 0.2) is 18.3 Å². The molecule has 0 aliphatic rings. The van der Waals surface area contributed by atoms with Gasteiger partial charge in [-0.2, -0.15) is 4.39 Å². The predicted molar refractivity (Wildman–Crippen MR) is 60.7 cm³/mol. The molecule has 0 saturated carbocycles. The minimum atomic E-state index is -1.23. The molecule has 7 nitrogen and oxygen atoms in total. The number of hydrogen-bond acceptors (Lipinski definition) is 5. The van der Waals surface area contributed by atoms with Crippen LogP contribution in [0.5, 0.6) is 0 Å². The van der Waals surface area contributed by atoms with Gasteiger partial charge < -0.3 is 5.32 Å². The van der Waals surface area contributed by atoms with Crippen molar-refractivity contribution in [1.82, 2.24) is 20.3 Å². The molecule has 2 rings (SSSR count). The highest BCUT2D eigenvalue weighted by Gasteiger charge is 2.20. The van der Waals surface area contributed by atoms with Crippen molar-refractivity contribution in [2.24, 2.45) is 0 Å². The van der Waals surface area contributed by atoms with Crippen molar-refractivity contribution in [3.63, 3.8) is 0 Å². The molecular formula is C10H9F2N5O2. The average Bonchev–Trinajstić information content (AvgIpc) is 2.77. The Labute approximate surface area is 106 Å². The Kier molecular flexibility index (Phi) is 3.47. The van der Waals surface area contributed by atoms with Crippen molar-refractivity contribution >= 4 is 5.69 Å². The number of aromatic nitrogens is 3. The summed E-state index contributed by atoms with van der Waals surface area (Å²) in [7, 11) is 1.70. The van der Waals surface area contributed by atoms with E-state index in [1.165, 1.54) is 6.20 Å². The molecule has 100 valence electrons. The van der Waals surface area contributed by atoms with Gasteiger partial charge in [-0.15, -0.1) is 5.10 Å². The van der Waals surface area contributed by atoms with Crippen LogP contribution in [-0.2, 0) is 6.54 Å². The molecule has 2 aromatic rings. The van der Waals surface area contributed by atoms with Crippen molar-refractivity contribution in [3.8, 4) is 5.69 Å². The lowest BCUT2D eigenvalue weighted by Gasteiger charge is -2.02. The van der Waals surface area contributed by atoms with Gasteiger partial charge in [0.1, 0.15) is 5.69 Å². The molecule has 0 amide bonds. The Morgan fingerprint density at radius 1 is 1.42 bits per heavy atom. The lowest BCUT2D eigenvalue weighted by molar-refractivity contribution is -0.387. The summed E-state index contributed by atoms with van der Waals surface area (Å²) in [6.07, 6.45) is 1.40. The molecule has 0 aliphatic heterocycles. The minimum Gasteiger partial charge on any atom is -0.314 e. The summed E-state index contributed by atoms with van der Waals surface area (Å²) in [6, 6.07) is 1.23. The fraction of sp³-hybridized carbons (Fsp3) is 0.200. The summed E-state index contributed by atoms with van der Waals surface area (Å²) >= 11 is 0. The summed E-state index contributed by atoms with van der Waals surface area (Å²) in [5.41, 5.74) is -0.529. The highest BCUT2D eigenvalue weighted by molar-refractivity contribution is 5.45. The van der Waals surface area contributed by atoms with Crippen LogP contribution in [0.1, 0.15) is 5.69 Å². The molecule has 0 saturated heterocycles. The van der Waals surface area contributed by atoms with Crippen LogP contribution in [-0.4, -0.2) is 27.0 Å². The second-order valence-electron chi connectivity index (χ2n) is 3.70. The SMILES string of the molecule is CNCc1cn(-c2cc([N+](=O)[O-])c(F)cc2F)nn1. The second-order valence-corrected chi connectivity index (χ2v) is 3.70. The Balaban J connectivity index is 2.48. The number of nitro groups is 1. The molecule has 1 aromatic heterocycles. The molecule has 0 bridgehead atoms. The van der Waals surface area contributed by atoms with Crippen molar-refractivity contribution in [2.45, 2.75) is 6.54 Å². The van der Waals surface area contributed by atoms with Gasteiger partial charge in [0, 0.05) is 18.7 Å². The molecule has 1 N–H and O–H groups in total. The summed E-state index contributed by atoms with van der Waals surface area (Å²) in [4.78, 5) is 9.69. The van der Waals surface area contributed by atoms with Crippen LogP contribution in [0, 0.1) is 21.7 Å². The molecule has 0 spiro atoms. The third-order valence-electron chi connectivity index (χ3n) is 2.36. The van der Waals surface area contributed by atoms with E-state index in [0.717, 1.165) is 10.7 Å². The number of nitrogens with zero attached hydrogens (tertiary/aromatic N) is 4. The first kappa shape index (κ1) is 13.0. The number of benzene rings is 1. The molecule has 1 aromatic carbocycles. The van der Waals surface area contributed by atoms with Gasteiger partial charge in [-0.3, -0.25) is 10.1 Å². The van der Waals surface area contributed by atoms with Crippen molar-refractivity contribution in [3.05, 3.63) is 45.8 Å². The van der Waals surface area contributed by atoms with Gasteiger partial charge in [0.15, 0.2) is 5.82 Å². The van der Waals surface area contributed by atoms with Gasteiger partial charge in [0.05, 0.1) is 16.8 Å². The molecule has 0 radical (unpaired) electrons. The van der Waals surface area contributed by atoms with Gasteiger partial charge in [-0.05, 0) is 7.05 Å². The van der Waals surface area contributed by atoms with E-state index in [1.807, 2.05) is 0 Å². The van der Waals surface area contributed by atoms with E-state index < -0.39 is 22.2 Å². The zero-order valence-electron chi connectivity index (χ0n) is 9.80. The van der Waals surface area contributed by atoms with Crippen molar-refractivity contribution in [1.29, 1.82) is 0 Å². The van der Waals surface area contributed by atoms with Crippen LogP contribution >= 0.6 is 0 Å². The second kappa shape index (κ2) is 5.06. The number of halogens is 2. The van der Waals surface area contributed by atoms with Crippen LogP contribution < -0.4 is 5.32 Å². The highest BCUT2D eigenvalue weighted by Crippen LogP contribution is 2.23. The number of hydrogen-bond donors (Lipinski definition) is 1. The fourth-order valence-corrected chi connectivity index (χ4v) is 1.52. The number of rotatable bonds is 4. The van der Waals surface area contributed by atoms with Gasteiger partial charge in [0.2, 0.25) is 5.82 Å². The van der Waals surface area contributed by atoms with E-state index in [9.17, 15) is 18.9 Å². The molecule has 9 heteroatoms. The Morgan fingerprint density at radius 3 is 2.79 bits per heavy atom. The first-order chi connectivity index (χ1) is 9.02. The van der Waals surface area contributed by atoms with Crippen LogP contribution in [0.4, 0.5) is 14.5 Å². The zero-order valence-corrected chi connectivity index (χ0v) is 9.80. The zero-order chi connectivity index (χ0) is 14.0. The fourth-order valence-electron chi connectivity index (χ4n) is 1.52. The van der Waals surface area contributed by atoms with Crippen LogP contribution in [0.3, 0.4) is 0 Å². The largest absolute Gasteiger partial charge is 0.314 e. The monoisotopic (exact) mass is 269 g/mol. The minimum absolute atomic E-state index is 0.233. The molecule has 0 unspecified atom stereocenters. The van der Waals surface area contributed by atoms with E-state index in [0.29, 0.717) is 18.3 Å². The lowest BCUT2D eigenvalue weighted by Crippen LogP contribution is -2.05. The lowest BCUT2D eigenvalue weighted by atomic mass is 10.2. The Bertz CT molecular complexity index is 628. The first-order valence-corrected chi connectivity index (χ1v) is 5.22. The number of nitro benzene ring substituents is 1. The molecule has 0 aliphatic carbocycles. The molecule has 19 heavy (non-hydrogen) atoms. The standard InChI is InChI=1S/C10H9F2N5O2/c1-13-4-6-5-16(15-14-6)9-3-10(17(18)19)8(12)2-7(9)11/h2-3,5,13H,4H2,1H3. The molecule has 0 fully saturated rings. The van der Waals surface area contributed by atoms with E-state index in [1.54, 1.807) is 7.05 Å². The normalized spacial score (nSPS) is 10.7. The smallest absolute Gasteiger partial charge is 0.307 e. The maximum absolute atomic E-state index is 13.6. The van der Waals surface area contributed by atoms with Gasteiger partial charge in [0.25, 0.3) is 0 Å². The van der Waals surface area contributed by atoms with E-state index in [4.69, 9.17) is 0 Å². The van der Waals surface area contributed by atoms with Crippen LogP contribution in [0.25, 0.3) is 5.69 Å². The Hall–Kier alpha value is -2.42. The van der Waals surface area contributed by atoms with Gasteiger partial charge >= 0.3 is 5.69 Å². The average molecular weight is 269 g/mol. The maximum atomic E-state index is 13.6. The number of nitrogens with one attached hydrogen (secondary N) is 1. The highest BCUT2D eigenvalue weighted by atomic mass is 19.1. The van der Waals surface area contributed by atoms with E-state index in [2.05, 4.69) is 15.6 Å². The third-order valence-corrected chi connectivity index (χ3v) is 2.36. The summed E-state index contributed by atoms with van der Waals surface area (Å²) in [5.74, 6) is -2.19. The topological polar surface area (TPSA) is 85.9 Å². The predicted octanol–water partition coefficient (Wildman–Crippen LogP) is 1.17. The molecule has 1 heterocycles.